The molecule has 6 heteroatoms. The second-order valence-corrected chi connectivity index (χ2v) is 5.79. The highest BCUT2D eigenvalue weighted by atomic mass is 16.4. The molecule has 0 spiro atoms. The van der Waals surface area contributed by atoms with Crippen molar-refractivity contribution in [2.24, 2.45) is 5.92 Å². The zero-order valence-corrected chi connectivity index (χ0v) is 12.0. The van der Waals surface area contributed by atoms with Crippen LogP contribution in [0.2, 0.25) is 0 Å². The summed E-state index contributed by atoms with van der Waals surface area (Å²) in [6, 6.07) is 5.60. The van der Waals surface area contributed by atoms with E-state index in [0.717, 1.165) is 11.1 Å². The lowest BCUT2D eigenvalue weighted by Gasteiger charge is -2.12. The number of carbonyl (C=O) groups is 1. The van der Waals surface area contributed by atoms with Gasteiger partial charge in [-0.15, -0.1) is 0 Å². The van der Waals surface area contributed by atoms with Gasteiger partial charge in [-0.1, -0.05) is 6.07 Å². The third-order valence-corrected chi connectivity index (χ3v) is 4.04. The number of oxazole rings is 1. The van der Waals surface area contributed by atoms with Crippen LogP contribution in [0, 0.1) is 5.92 Å². The molecule has 112 valence electrons. The standard InChI is InChI=1S/C15H18N2O4/c1-8(2)17-12-6-9(3-4-13(12)21-15(17)20)11-5-10(7-16-11)14(18)19/h3-4,6,8,10-11,16H,5,7H2,1-2H3,(H,18,19). The number of nitrogens with one attached hydrogen (secondary N) is 1. The number of benzene rings is 1. The molecule has 21 heavy (non-hydrogen) atoms. The third kappa shape index (κ3) is 2.35. The smallest absolute Gasteiger partial charge is 0.420 e. The molecule has 2 atom stereocenters. The summed E-state index contributed by atoms with van der Waals surface area (Å²) >= 11 is 0. The molecular weight excluding hydrogens is 272 g/mol. The van der Waals surface area contributed by atoms with Crippen molar-refractivity contribution in [1.29, 1.82) is 0 Å². The van der Waals surface area contributed by atoms with Crippen LogP contribution in [-0.4, -0.2) is 22.2 Å². The van der Waals surface area contributed by atoms with E-state index in [1.807, 2.05) is 26.0 Å². The minimum absolute atomic E-state index is 0.00103. The lowest BCUT2D eigenvalue weighted by Crippen LogP contribution is -2.17. The number of nitrogens with zero attached hydrogens (tertiary/aromatic N) is 1. The first-order valence-electron chi connectivity index (χ1n) is 7.08. The van der Waals surface area contributed by atoms with E-state index in [9.17, 15) is 9.59 Å². The normalized spacial score (nSPS) is 22.2. The lowest BCUT2D eigenvalue weighted by molar-refractivity contribution is -0.141. The van der Waals surface area contributed by atoms with Gasteiger partial charge >= 0.3 is 11.7 Å². The number of rotatable bonds is 3. The minimum atomic E-state index is -0.770. The molecule has 0 saturated carbocycles. The van der Waals surface area contributed by atoms with E-state index in [1.54, 1.807) is 10.6 Å². The summed E-state index contributed by atoms with van der Waals surface area (Å²) < 4.78 is 6.84. The van der Waals surface area contributed by atoms with Crippen molar-refractivity contribution in [2.75, 3.05) is 6.54 Å². The number of aliphatic carboxylic acids is 1. The average Bonchev–Trinajstić information content (AvgIpc) is 3.00. The fourth-order valence-corrected chi connectivity index (χ4v) is 2.93. The summed E-state index contributed by atoms with van der Waals surface area (Å²) in [4.78, 5) is 22.9. The van der Waals surface area contributed by atoms with Gasteiger partial charge in [0.2, 0.25) is 0 Å². The van der Waals surface area contributed by atoms with E-state index in [0.29, 0.717) is 18.5 Å². The monoisotopic (exact) mass is 290 g/mol. The molecule has 2 aromatic rings. The molecule has 3 rings (SSSR count). The molecule has 1 aliphatic heterocycles. The molecule has 1 aromatic carbocycles. The molecular formula is C15H18N2O4. The zero-order valence-electron chi connectivity index (χ0n) is 12.0. The number of hydrogen-bond donors (Lipinski definition) is 2. The molecule has 0 aliphatic carbocycles. The van der Waals surface area contributed by atoms with Crippen molar-refractivity contribution in [2.45, 2.75) is 32.4 Å². The van der Waals surface area contributed by atoms with E-state index < -0.39 is 5.97 Å². The SMILES string of the molecule is CC(C)n1c(=O)oc2ccc(C3CC(C(=O)O)CN3)cc21. The Morgan fingerprint density at radius 1 is 1.48 bits per heavy atom. The Kier molecular flexibility index (Phi) is 3.33. The number of fused-ring (bicyclic) bond motifs is 1. The number of hydrogen-bond acceptors (Lipinski definition) is 4. The van der Waals surface area contributed by atoms with Gasteiger partial charge in [0.1, 0.15) is 0 Å². The van der Waals surface area contributed by atoms with Gasteiger partial charge in [0.25, 0.3) is 0 Å². The molecule has 1 aromatic heterocycles. The second-order valence-electron chi connectivity index (χ2n) is 5.79. The average molecular weight is 290 g/mol. The Labute approximate surface area is 121 Å². The second kappa shape index (κ2) is 5.04. The molecule has 1 aliphatic rings. The Morgan fingerprint density at radius 2 is 2.24 bits per heavy atom. The number of carboxylic acid groups (broad SMARTS) is 1. The molecule has 0 radical (unpaired) electrons. The van der Waals surface area contributed by atoms with Gasteiger partial charge in [-0.2, -0.15) is 0 Å². The lowest BCUT2D eigenvalue weighted by atomic mass is 10.00. The van der Waals surface area contributed by atoms with E-state index in [1.165, 1.54) is 0 Å². The Bertz CT molecular complexity index is 744. The van der Waals surface area contributed by atoms with Crippen molar-refractivity contribution >= 4 is 17.1 Å². The summed E-state index contributed by atoms with van der Waals surface area (Å²) in [5.74, 6) is -1.49. The first-order chi connectivity index (χ1) is 9.97. The topological polar surface area (TPSA) is 84.5 Å². The fraction of sp³-hybridized carbons (Fsp3) is 0.467. The number of aromatic nitrogens is 1. The predicted octanol–water partition coefficient (Wildman–Crippen LogP) is 1.91. The largest absolute Gasteiger partial charge is 0.481 e. The Morgan fingerprint density at radius 3 is 2.86 bits per heavy atom. The van der Waals surface area contributed by atoms with Crippen LogP contribution in [0.5, 0.6) is 0 Å². The zero-order chi connectivity index (χ0) is 15.1. The number of carboxylic acids is 1. The van der Waals surface area contributed by atoms with Gasteiger partial charge < -0.3 is 14.8 Å². The van der Waals surface area contributed by atoms with Crippen molar-refractivity contribution < 1.29 is 14.3 Å². The predicted molar refractivity (Wildman–Crippen MR) is 77.3 cm³/mol. The maximum absolute atomic E-state index is 11.9. The van der Waals surface area contributed by atoms with Gasteiger partial charge in [0, 0.05) is 18.6 Å². The molecule has 0 bridgehead atoms. The molecule has 2 N–H and O–H groups in total. The van der Waals surface area contributed by atoms with Crippen LogP contribution in [0.4, 0.5) is 0 Å². The van der Waals surface area contributed by atoms with E-state index in [2.05, 4.69) is 5.32 Å². The van der Waals surface area contributed by atoms with Crippen molar-refractivity contribution in [3.63, 3.8) is 0 Å². The van der Waals surface area contributed by atoms with Crippen molar-refractivity contribution in [1.82, 2.24) is 9.88 Å². The maximum atomic E-state index is 11.9. The van der Waals surface area contributed by atoms with Gasteiger partial charge in [-0.05, 0) is 38.0 Å². The highest BCUT2D eigenvalue weighted by molar-refractivity contribution is 5.74. The third-order valence-electron chi connectivity index (χ3n) is 4.04. The van der Waals surface area contributed by atoms with Gasteiger partial charge in [-0.3, -0.25) is 9.36 Å². The van der Waals surface area contributed by atoms with E-state index in [4.69, 9.17) is 9.52 Å². The Balaban J connectivity index is 2.00. The van der Waals surface area contributed by atoms with Crippen LogP contribution in [0.15, 0.2) is 27.4 Å². The molecule has 2 heterocycles. The van der Waals surface area contributed by atoms with Crippen molar-refractivity contribution in [3.05, 3.63) is 34.3 Å². The molecule has 1 saturated heterocycles. The first-order valence-corrected chi connectivity index (χ1v) is 7.08. The summed E-state index contributed by atoms with van der Waals surface area (Å²) in [5.41, 5.74) is 2.31. The van der Waals surface area contributed by atoms with Crippen LogP contribution < -0.4 is 11.1 Å². The fourth-order valence-electron chi connectivity index (χ4n) is 2.93. The highest BCUT2D eigenvalue weighted by Gasteiger charge is 2.30. The molecule has 1 fully saturated rings. The minimum Gasteiger partial charge on any atom is -0.481 e. The van der Waals surface area contributed by atoms with Crippen LogP contribution in [0.1, 0.15) is 37.9 Å². The van der Waals surface area contributed by atoms with Crippen LogP contribution in [-0.2, 0) is 4.79 Å². The quantitative estimate of drug-likeness (QED) is 0.902. The van der Waals surface area contributed by atoms with Crippen LogP contribution in [0.3, 0.4) is 0 Å². The van der Waals surface area contributed by atoms with Gasteiger partial charge in [0.05, 0.1) is 11.4 Å². The highest BCUT2D eigenvalue weighted by Crippen LogP contribution is 2.29. The molecule has 0 amide bonds. The summed E-state index contributed by atoms with van der Waals surface area (Å²) in [6.45, 7) is 4.33. The first kappa shape index (κ1) is 13.9. The molecule has 6 nitrogen and oxygen atoms in total. The summed E-state index contributed by atoms with van der Waals surface area (Å²) in [6.07, 6.45) is 0.560. The summed E-state index contributed by atoms with van der Waals surface area (Å²) in [5, 5.41) is 12.3. The van der Waals surface area contributed by atoms with Gasteiger partial charge in [-0.25, -0.2) is 4.79 Å². The van der Waals surface area contributed by atoms with Crippen LogP contribution >= 0.6 is 0 Å². The summed E-state index contributed by atoms with van der Waals surface area (Å²) in [7, 11) is 0. The van der Waals surface area contributed by atoms with E-state index >= 15 is 0 Å². The van der Waals surface area contributed by atoms with Gasteiger partial charge in [0.15, 0.2) is 5.58 Å². The van der Waals surface area contributed by atoms with Crippen molar-refractivity contribution in [3.8, 4) is 0 Å². The Hall–Kier alpha value is -2.08. The van der Waals surface area contributed by atoms with Crippen LogP contribution in [0.25, 0.3) is 11.1 Å². The van der Waals surface area contributed by atoms with E-state index in [-0.39, 0.29) is 23.8 Å². The molecule has 2 unspecified atom stereocenters. The maximum Gasteiger partial charge on any atom is 0.420 e.